The van der Waals surface area contributed by atoms with Crippen molar-refractivity contribution in [2.75, 3.05) is 14.1 Å². The number of aromatic nitrogens is 3. The number of nitrogens with zero attached hydrogens (tertiary/aromatic N) is 4. The number of benzene rings is 1. The van der Waals surface area contributed by atoms with Gasteiger partial charge in [-0.05, 0) is 44.6 Å². The van der Waals surface area contributed by atoms with Gasteiger partial charge >= 0.3 is 0 Å². The molecule has 1 saturated carbocycles. The number of hydrogen-bond donors (Lipinski definition) is 1. The van der Waals surface area contributed by atoms with Gasteiger partial charge in [0.2, 0.25) is 5.91 Å². The van der Waals surface area contributed by atoms with Crippen LogP contribution in [0, 0.1) is 5.82 Å². The summed E-state index contributed by atoms with van der Waals surface area (Å²) >= 11 is 0. The molecule has 140 valence electrons. The largest absolute Gasteiger partial charge is 0.347 e. The highest BCUT2D eigenvalue weighted by Gasteiger charge is 2.24. The highest BCUT2D eigenvalue weighted by atomic mass is 19.1. The average Bonchev–Trinajstić information content (AvgIpc) is 3.09. The minimum Gasteiger partial charge on any atom is -0.347 e. The second-order valence-corrected chi connectivity index (χ2v) is 7.09. The number of likely N-dealkylation sites (N-methyl/N-ethyl adjacent to an activating group) is 1. The van der Waals surface area contributed by atoms with Gasteiger partial charge in [-0.2, -0.15) is 0 Å². The Morgan fingerprint density at radius 3 is 2.81 bits per heavy atom. The molecule has 0 bridgehead atoms. The lowest BCUT2D eigenvalue weighted by Crippen LogP contribution is -2.37. The second kappa shape index (κ2) is 8.40. The number of carbonyl (C=O) groups is 1. The number of hydrogen-bond acceptors (Lipinski definition) is 4. The lowest BCUT2D eigenvalue weighted by molar-refractivity contribution is -0.126. The molecule has 0 aliphatic heterocycles. The van der Waals surface area contributed by atoms with Crippen molar-refractivity contribution in [1.82, 2.24) is 25.0 Å². The van der Waals surface area contributed by atoms with E-state index < -0.39 is 6.04 Å². The molecule has 0 saturated heterocycles. The fourth-order valence-electron chi connectivity index (χ4n) is 3.68. The van der Waals surface area contributed by atoms with E-state index in [9.17, 15) is 9.18 Å². The number of amides is 1. The van der Waals surface area contributed by atoms with Crippen LogP contribution in [0.2, 0.25) is 0 Å². The van der Waals surface area contributed by atoms with Crippen LogP contribution in [-0.4, -0.2) is 39.7 Å². The van der Waals surface area contributed by atoms with Crippen molar-refractivity contribution in [1.29, 1.82) is 0 Å². The molecule has 6 nitrogen and oxygen atoms in total. The quantitative estimate of drug-likeness (QED) is 0.861. The van der Waals surface area contributed by atoms with Gasteiger partial charge < -0.3 is 9.88 Å². The zero-order valence-corrected chi connectivity index (χ0v) is 15.4. The van der Waals surface area contributed by atoms with Crippen molar-refractivity contribution >= 4 is 5.91 Å². The maximum atomic E-state index is 13.6. The second-order valence-electron chi connectivity index (χ2n) is 7.09. The van der Waals surface area contributed by atoms with Gasteiger partial charge in [0.05, 0.1) is 6.54 Å². The molecule has 1 heterocycles. The number of nitrogens with one attached hydrogen (secondary N) is 1. The van der Waals surface area contributed by atoms with E-state index in [1.165, 1.54) is 31.4 Å². The van der Waals surface area contributed by atoms with Gasteiger partial charge in [0, 0.05) is 6.04 Å². The van der Waals surface area contributed by atoms with Gasteiger partial charge in [0.15, 0.2) is 5.82 Å². The Morgan fingerprint density at radius 1 is 1.35 bits per heavy atom. The highest BCUT2D eigenvalue weighted by molar-refractivity contribution is 5.83. The molecule has 1 N–H and O–H groups in total. The number of halogens is 1. The molecule has 2 aromatic rings. The number of carbonyl (C=O) groups excluding carboxylic acids is 1. The maximum absolute atomic E-state index is 13.6. The van der Waals surface area contributed by atoms with Crippen LogP contribution in [0.5, 0.6) is 0 Å². The first kappa shape index (κ1) is 18.5. The summed E-state index contributed by atoms with van der Waals surface area (Å²) in [7, 11) is 3.61. The fourth-order valence-corrected chi connectivity index (χ4v) is 3.68. The molecule has 1 aromatic carbocycles. The van der Waals surface area contributed by atoms with Crippen LogP contribution in [0.25, 0.3) is 0 Å². The van der Waals surface area contributed by atoms with Crippen LogP contribution >= 0.6 is 0 Å². The molecule has 1 aliphatic carbocycles. The van der Waals surface area contributed by atoms with Gasteiger partial charge in [0.25, 0.3) is 0 Å². The van der Waals surface area contributed by atoms with Gasteiger partial charge in [-0.1, -0.05) is 31.4 Å². The van der Waals surface area contributed by atoms with Crippen LogP contribution in [0.3, 0.4) is 0 Å². The zero-order chi connectivity index (χ0) is 18.5. The van der Waals surface area contributed by atoms with E-state index in [0.717, 1.165) is 18.7 Å². The van der Waals surface area contributed by atoms with Crippen molar-refractivity contribution < 1.29 is 9.18 Å². The van der Waals surface area contributed by atoms with E-state index >= 15 is 0 Å². The summed E-state index contributed by atoms with van der Waals surface area (Å²) in [6, 6.07) is 6.01. The molecular weight excluding hydrogens is 333 g/mol. The third kappa shape index (κ3) is 4.27. The van der Waals surface area contributed by atoms with Crippen LogP contribution in [0.1, 0.15) is 55.6 Å². The smallest absolute Gasteiger partial charge is 0.242 e. The fraction of sp³-hybridized carbons (Fsp3) is 0.526. The first-order valence-corrected chi connectivity index (χ1v) is 9.14. The molecule has 0 spiro atoms. The normalized spacial score (nSPS) is 16.6. The topological polar surface area (TPSA) is 63.1 Å². The molecule has 26 heavy (non-hydrogen) atoms. The van der Waals surface area contributed by atoms with Crippen molar-refractivity contribution in [3.63, 3.8) is 0 Å². The highest BCUT2D eigenvalue weighted by Crippen LogP contribution is 2.28. The van der Waals surface area contributed by atoms with Gasteiger partial charge in [-0.25, -0.2) is 4.39 Å². The van der Waals surface area contributed by atoms with Crippen molar-refractivity contribution in [2.45, 2.75) is 50.7 Å². The summed E-state index contributed by atoms with van der Waals surface area (Å²) in [5.74, 6) is 0.236. The van der Waals surface area contributed by atoms with Gasteiger partial charge in [-0.3, -0.25) is 9.69 Å². The molecule has 1 atom stereocenters. The summed E-state index contributed by atoms with van der Waals surface area (Å²) in [5, 5.41) is 11.1. The van der Waals surface area contributed by atoms with Crippen molar-refractivity contribution in [3.05, 3.63) is 47.8 Å². The summed E-state index contributed by atoms with van der Waals surface area (Å²) in [5.41, 5.74) is 0.626. The molecule has 1 amide bonds. The first-order chi connectivity index (χ1) is 12.6. The standard InChI is InChI=1S/C19H26FN5O/c1-24(2)18(14-7-6-8-15(20)11-14)19(26)21-12-17-23-22-13-25(17)16-9-4-3-5-10-16/h6-8,11,13,16,18H,3-5,9-10,12H2,1-2H3,(H,21,26). The van der Waals surface area contributed by atoms with Crippen molar-refractivity contribution in [3.8, 4) is 0 Å². The van der Waals surface area contributed by atoms with Crippen LogP contribution in [0.15, 0.2) is 30.6 Å². The lowest BCUT2D eigenvalue weighted by atomic mass is 9.95. The minimum atomic E-state index is -0.559. The Morgan fingerprint density at radius 2 is 2.12 bits per heavy atom. The van der Waals surface area contributed by atoms with E-state index in [-0.39, 0.29) is 11.7 Å². The van der Waals surface area contributed by atoms with Gasteiger partial charge in [0.1, 0.15) is 18.2 Å². The predicted octanol–water partition coefficient (Wildman–Crippen LogP) is 2.84. The SMILES string of the molecule is CN(C)C(C(=O)NCc1nncn1C1CCCCC1)c1cccc(F)c1. The maximum Gasteiger partial charge on any atom is 0.242 e. The molecule has 1 unspecified atom stereocenters. The zero-order valence-electron chi connectivity index (χ0n) is 15.4. The Balaban J connectivity index is 1.68. The Kier molecular flexibility index (Phi) is 5.98. The summed E-state index contributed by atoms with van der Waals surface area (Å²) < 4.78 is 15.6. The Bertz CT molecular complexity index is 739. The molecule has 1 aliphatic rings. The summed E-state index contributed by atoms with van der Waals surface area (Å²) in [4.78, 5) is 14.5. The monoisotopic (exact) mass is 359 g/mol. The van der Waals surface area contributed by atoms with Gasteiger partial charge in [-0.15, -0.1) is 10.2 Å². The molecular formula is C19H26FN5O. The number of rotatable bonds is 6. The van der Waals surface area contributed by atoms with E-state index in [0.29, 0.717) is 18.2 Å². The van der Waals surface area contributed by atoms with Crippen LogP contribution < -0.4 is 5.32 Å². The molecule has 7 heteroatoms. The van der Waals surface area contributed by atoms with E-state index in [2.05, 4.69) is 20.1 Å². The third-order valence-electron chi connectivity index (χ3n) is 4.97. The minimum absolute atomic E-state index is 0.182. The molecule has 0 radical (unpaired) electrons. The van der Waals surface area contributed by atoms with Crippen LogP contribution in [-0.2, 0) is 11.3 Å². The predicted molar refractivity (Wildman–Crippen MR) is 96.8 cm³/mol. The Hall–Kier alpha value is -2.28. The van der Waals surface area contributed by atoms with E-state index in [1.807, 2.05) is 0 Å². The van der Waals surface area contributed by atoms with E-state index in [1.54, 1.807) is 37.5 Å². The molecule has 1 aromatic heterocycles. The first-order valence-electron chi connectivity index (χ1n) is 9.14. The Labute approximate surface area is 153 Å². The third-order valence-corrected chi connectivity index (χ3v) is 4.97. The lowest BCUT2D eigenvalue weighted by Gasteiger charge is -2.25. The summed E-state index contributed by atoms with van der Waals surface area (Å²) in [6.45, 7) is 0.314. The average molecular weight is 359 g/mol. The summed E-state index contributed by atoms with van der Waals surface area (Å²) in [6.07, 6.45) is 7.73. The van der Waals surface area contributed by atoms with E-state index in [4.69, 9.17) is 0 Å². The van der Waals surface area contributed by atoms with Crippen LogP contribution in [0.4, 0.5) is 4.39 Å². The molecule has 3 rings (SSSR count). The van der Waals surface area contributed by atoms with Crippen molar-refractivity contribution in [2.24, 2.45) is 0 Å². The molecule has 1 fully saturated rings.